The molecule has 6 heteroatoms. The number of carbonyl (C=O) groups excluding carboxylic acids is 1. The van der Waals surface area contributed by atoms with Gasteiger partial charge in [-0.3, -0.25) is 4.79 Å². The van der Waals surface area contributed by atoms with Crippen LogP contribution in [0.1, 0.15) is 25.3 Å². The summed E-state index contributed by atoms with van der Waals surface area (Å²) in [4.78, 5) is 12.4. The molecule has 0 radical (unpaired) electrons. The Bertz CT molecular complexity index is 747. The van der Waals surface area contributed by atoms with Crippen molar-refractivity contribution >= 4 is 35.0 Å². The van der Waals surface area contributed by atoms with Crippen molar-refractivity contribution < 1.29 is 14.3 Å². The van der Waals surface area contributed by atoms with Crippen LogP contribution in [-0.2, 0) is 15.3 Å². The molecule has 1 aliphatic rings. The Hall–Kier alpha value is -1.69. The minimum atomic E-state index is -0.605. The number of ether oxygens (including phenoxy) is 2. The molecule has 1 heterocycles. The standard InChI is InChI=1S/C21H24ClNO3S/c1-15(26-19-7-5-17(22)6-8-19)21(24)23-18-4-2-3-16(13-18)14-27-20-9-11-25-12-10-20/h2-8,13,15,20H,9-12,14H2,1H3,(H,23,24). The van der Waals surface area contributed by atoms with Crippen molar-refractivity contribution in [1.29, 1.82) is 0 Å². The van der Waals surface area contributed by atoms with Crippen LogP contribution >= 0.6 is 23.4 Å². The first-order valence-corrected chi connectivity index (χ1v) is 10.5. The van der Waals surface area contributed by atoms with Gasteiger partial charge in [-0.2, -0.15) is 11.8 Å². The summed E-state index contributed by atoms with van der Waals surface area (Å²) in [5.41, 5.74) is 1.99. The first-order chi connectivity index (χ1) is 13.1. The van der Waals surface area contributed by atoms with Crippen molar-refractivity contribution in [2.45, 2.75) is 36.9 Å². The molecule has 1 N–H and O–H groups in total. The summed E-state index contributed by atoms with van der Waals surface area (Å²) < 4.78 is 11.1. The lowest BCUT2D eigenvalue weighted by Gasteiger charge is -2.21. The zero-order chi connectivity index (χ0) is 19.1. The molecule has 1 saturated heterocycles. The van der Waals surface area contributed by atoms with Gasteiger partial charge in [0.1, 0.15) is 5.75 Å². The van der Waals surface area contributed by atoms with Crippen LogP contribution in [0, 0.1) is 0 Å². The molecular weight excluding hydrogens is 382 g/mol. The van der Waals surface area contributed by atoms with Crippen LogP contribution in [0.5, 0.6) is 5.75 Å². The first-order valence-electron chi connectivity index (χ1n) is 9.11. The Morgan fingerprint density at radius 1 is 1.26 bits per heavy atom. The lowest BCUT2D eigenvalue weighted by molar-refractivity contribution is -0.122. The van der Waals surface area contributed by atoms with E-state index < -0.39 is 6.10 Å². The van der Waals surface area contributed by atoms with E-state index in [1.54, 1.807) is 31.2 Å². The Labute approximate surface area is 169 Å². The number of hydrogen-bond acceptors (Lipinski definition) is 4. The van der Waals surface area contributed by atoms with Gasteiger partial charge >= 0.3 is 0 Å². The molecule has 3 rings (SSSR count). The average molecular weight is 406 g/mol. The van der Waals surface area contributed by atoms with Crippen molar-refractivity contribution in [1.82, 2.24) is 0 Å². The van der Waals surface area contributed by atoms with Gasteiger partial charge in [-0.05, 0) is 61.7 Å². The molecular formula is C21H24ClNO3S. The van der Waals surface area contributed by atoms with Gasteiger partial charge in [-0.1, -0.05) is 23.7 Å². The average Bonchev–Trinajstić information content (AvgIpc) is 2.69. The summed E-state index contributed by atoms with van der Waals surface area (Å²) in [6.07, 6.45) is 1.62. The zero-order valence-corrected chi connectivity index (χ0v) is 16.9. The highest BCUT2D eigenvalue weighted by molar-refractivity contribution is 7.99. The Kier molecular flexibility index (Phi) is 7.44. The van der Waals surface area contributed by atoms with Gasteiger partial charge in [0.2, 0.25) is 0 Å². The number of carbonyl (C=O) groups is 1. The topological polar surface area (TPSA) is 47.6 Å². The van der Waals surface area contributed by atoms with Gasteiger partial charge in [-0.15, -0.1) is 0 Å². The predicted molar refractivity (Wildman–Crippen MR) is 112 cm³/mol. The zero-order valence-electron chi connectivity index (χ0n) is 15.3. The monoisotopic (exact) mass is 405 g/mol. The number of benzene rings is 2. The van der Waals surface area contributed by atoms with E-state index in [9.17, 15) is 4.79 Å². The maximum atomic E-state index is 12.4. The van der Waals surface area contributed by atoms with E-state index in [4.69, 9.17) is 21.1 Å². The molecule has 0 aliphatic carbocycles. The Morgan fingerprint density at radius 2 is 2.00 bits per heavy atom. The van der Waals surface area contributed by atoms with Crippen LogP contribution in [-0.4, -0.2) is 30.5 Å². The number of hydrogen-bond donors (Lipinski definition) is 1. The highest BCUT2D eigenvalue weighted by Gasteiger charge is 2.16. The molecule has 2 aromatic rings. The molecule has 1 aliphatic heterocycles. The van der Waals surface area contributed by atoms with E-state index in [0.717, 1.165) is 37.5 Å². The molecule has 1 amide bonds. The molecule has 1 fully saturated rings. The number of halogens is 1. The van der Waals surface area contributed by atoms with Gasteiger partial charge < -0.3 is 14.8 Å². The van der Waals surface area contributed by atoms with Gasteiger partial charge in [0, 0.05) is 34.9 Å². The molecule has 27 heavy (non-hydrogen) atoms. The fourth-order valence-corrected chi connectivity index (χ4v) is 4.07. The van der Waals surface area contributed by atoms with Crippen molar-refractivity contribution in [3.8, 4) is 5.75 Å². The Morgan fingerprint density at radius 3 is 2.74 bits per heavy atom. The van der Waals surface area contributed by atoms with Crippen LogP contribution in [0.3, 0.4) is 0 Å². The van der Waals surface area contributed by atoms with Gasteiger partial charge in [0.15, 0.2) is 6.10 Å². The van der Waals surface area contributed by atoms with Crippen LogP contribution in [0.4, 0.5) is 5.69 Å². The lowest BCUT2D eigenvalue weighted by atomic mass is 10.2. The van der Waals surface area contributed by atoms with E-state index in [1.807, 2.05) is 30.0 Å². The van der Waals surface area contributed by atoms with Crippen LogP contribution in [0.2, 0.25) is 5.02 Å². The number of amides is 1. The third-order valence-electron chi connectivity index (χ3n) is 4.34. The number of anilines is 1. The maximum Gasteiger partial charge on any atom is 0.265 e. The van der Waals surface area contributed by atoms with Gasteiger partial charge in [-0.25, -0.2) is 0 Å². The normalized spacial score (nSPS) is 15.9. The number of rotatable bonds is 7. The first kappa shape index (κ1) is 20.1. The SMILES string of the molecule is CC(Oc1ccc(Cl)cc1)C(=O)Nc1cccc(CSC2CCOCC2)c1. The predicted octanol–water partition coefficient (Wildman–Crippen LogP) is 5.16. The van der Waals surface area contributed by atoms with E-state index in [2.05, 4.69) is 11.4 Å². The summed E-state index contributed by atoms with van der Waals surface area (Å²) >= 11 is 7.82. The molecule has 2 aromatic carbocycles. The van der Waals surface area contributed by atoms with Crippen LogP contribution in [0.25, 0.3) is 0 Å². The third kappa shape index (κ3) is 6.45. The molecule has 4 nitrogen and oxygen atoms in total. The minimum Gasteiger partial charge on any atom is -0.481 e. The van der Waals surface area contributed by atoms with Crippen molar-refractivity contribution in [3.05, 3.63) is 59.1 Å². The minimum absolute atomic E-state index is 0.181. The molecule has 1 atom stereocenters. The lowest BCUT2D eigenvalue weighted by Crippen LogP contribution is -2.30. The van der Waals surface area contributed by atoms with Gasteiger partial charge in [0.25, 0.3) is 5.91 Å². The second-order valence-corrected chi connectivity index (χ2v) is 8.25. The fourth-order valence-electron chi connectivity index (χ4n) is 2.81. The van der Waals surface area contributed by atoms with Crippen LogP contribution < -0.4 is 10.1 Å². The molecule has 144 valence electrons. The quantitative estimate of drug-likeness (QED) is 0.691. The smallest absolute Gasteiger partial charge is 0.265 e. The molecule has 1 unspecified atom stereocenters. The van der Waals surface area contributed by atoms with Crippen molar-refractivity contribution in [2.75, 3.05) is 18.5 Å². The second-order valence-electron chi connectivity index (χ2n) is 6.53. The van der Waals surface area contributed by atoms with E-state index in [-0.39, 0.29) is 5.91 Å². The fraction of sp³-hybridized carbons (Fsp3) is 0.381. The van der Waals surface area contributed by atoms with E-state index in [1.165, 1.54) is 5.56 Å². The maximum absolute atomic E-state index is 12.4. The molecule has 0 bridgehead atoms. The highest BCUT2D eigenvalue weighted by Crippen LogP contribution is 2.26. The largest absolute Gasteiger partial charge is 0.481 e. The summed E-state index contributed by atoms with van der Waals surface area (Å²) in [5.74, 6) is 1.37. The molecule has 0 aromatic heterocycles. The summed E-state index contributed by atoms with van der Waals surface area (Å²) in [7, 11) is 0. The summed E-state index contributed by atoms with van der Waals surface area (Å²) in [5, 5.41) is 4.22. The van der Waals surface area contributed by atoms with E-state index >= 15 is 0 Å². The Balaban J connectivity index is 1.51. The van der Waals surface area contributed by atoms with Crippen LogP contribution in [0.15, 0.2) is 48.5 Å². The van der Waals surface area contributed by atoms with Gasteiger partial charge in [0.05, 0.1) is 0 Å². The summed E-state index contributed by atoms with van der Waals surface area (Å²) in [6.45, 7) is 3.45. The van der Waals surface area contributed by atoms with E-state index in [0.29, 0.717) is 16.0 Å². The van der Waals surface area contributed by atoms with Crippen molar-refractivity contribution in [2.24, 2.45) is 0 Å². The third-order valence-corrected chi connectivity index (χ3v) is 6.04. The number of thioether (sulfide) groups is 1. The highest BCUT2D eigenvalue weighted by atomic mass is 35.5. The van der Waals surface area contributed by atoms with Crippen molar-refractivity contribution in [3.63, 3.8) is 0 Å². The molecule has 0 saturated carbocycles. The number of nitrogens with one attached hydrogen (secondary N) is 1. The second kappa shape index (κ2) is 10.0. The summed E-state index contributed by atoms with van der Waals surface area (Å²) in [6, 6.07) is 15.0. The molecule has 0 spiro atoms.